The second-order valence-electron chi connectivity index (χ2n) is 6.21. The number of hydrogen-bond donors (Lipinski definition) is 2. The van der Waals surface area contributed by atoms with Crippen LogP contribution in [0.25, 0.3) is 11.1 Å². The molecule has 6 heteroatoms. The van der Waals surface area contributed by atoms with Crippen molar-refractivity contribution < 1.29 is 14.3 Å². The molecule has 0 spiro atoms. The molecule has 3 aromatic rings. The Bertz CT molecular complexity index is 1030. The number of amides is 1. The molecule has 0 unspecified atom stereocenters. The number of nitrogens with one attached hydrogen (secondary N) is 1. The molecule has 0 bridgehead atoms. The number of hydrogen-bond acceptors (Lipinski definition) is 3. The molecule has 0 radical (unpaired) electrons. The number of halogens is 1. The van der Waals surface area contributed by atoms with Crippen molar-refractivity contribution in [3.05, 3.63) is 88.1 Å². The van der Waals surface area contributed by atoms with Crippen molar-refractivity contribution in [1.29, 1.82) is 0 Å². The van der Waals surface area contributed by atoms with E-state index in [1.165, 1.54) is 36.0 Å². The van der Waals surface area contributed by atoms with E-state index in [1.54, 1.807) is 12.1 Å². The summed E-state index contributed by atoms with van der Waals surface area (Å²) in [4.78, 5) is 23.9. The van der Waals surface area contributed by atoms with Gasteiger partial charge in [-0.3, -0.25) is 9.59 Å². The summed E-state index contributed by atoms with van der Waals surface area (Å²) in [5, 5.41) is 12.5. The van der Waals surface area contributed by atoms with Gasteiger partial charge in [0.15, 0.2) is 5.75 Å². The summed E-state index contributed by atoms with van der Waals surface area (Å²) in [6, 6.07) is 15.4. The lowest BCUT2D eigenvalue weighted by atomic mass is 10.0. The number of rotatable bonds is 5. The minimum Gasteiger partial charge on any atom is -0.502 e. The summed E-state index contributed by atoms with van der Waals surface area (Å²) in [6.45, 7) is 0.348. The molecule has 3 rings (SSSR count). The topological polar surface area (TPSA) is 71.3 Å². The van der Waals surface area contributed by atoms with Crippen LogP contribution in [0.15, 0.2) is 65.6 Å². The predicted molar refractivity (Wildman–Crippen MR) is 101 cm³/mol. The molecule has 0 fully saturated rings. The molecule has 2 aromatic carbocycles. The van der Waals surface area contributed by atoms with Crippen molar-refractivity contribution in [1.82, 2.24) is 9.88 Å². The van der Waals surface area contributed by atoms with Crippen LogP contribution in [-0.4, -0.2) is 22.1 Å². The normalized spacial score (nSPS) is 10.6. The van der Waals surface area contributed by atoms with E-state index >= 15 is 0 Å². The van der Waals surface area contributed by atoms with Gasteiger partial charge in [-0.1, -0.05) is 36.4 Å². The summed E-state index contributed by atoms with van der Waals surface area (Å²) < 4.78 is 14.3. The van der Waals surface area contributed by atoms with Gasteiger partial charge in [-0.2, -0.15) is 0 Å². The lowest BCUT2D eigenvalue weighted by molar-refractivity contribution is 0.0951. The maximum absolute atomic E-state index is 13.1. The van der Waals surface area contributed by atoms with Crippen LogP contribution in [0.2, 0.25) is 0 Å². The van der Waals surface area contributed by atoms with Crippen LogP contribution in [0.5, 0.6) is 5.75 Å². The first-order chi connectivity index (χ1) is 13.0. The molecular weight excluding hydrogens is 347 g/mol. The first kappa shape index (κ1) is 18.4. The van der Waals surface area contributed by atoms with Gasteiger partial charge < -0.3 is 15.0 Å². The van der Waals surface area contributed by atoms with Crippen molar-refractivity contribution in [2.45, 2.75) is 6.42 Å². The Labute approximate surface area is 155 Å². The highest BCUT2D eigenvalue weighted by atomic mass is 19.1. The van der Waals surface area contributed by atoms with Gasteiger partial charge in [0.05, 0.1) is 5.56 Å². The van der Waals surface area contributed by atoms with Crippen molar-refractivity contribution in [2.24, 2.45) is 7.05 Å². The highest BCUT2D eigenvalue weighted by molar-refractivity contribution is 5.96. The molecule has 0 saturated heterocycles. The van der Waals surface area contributed by atoms with Crippen molar-refractivity contribution in [3.8, 4) is 16.9 Å². The highest BCUT2D eigenvalue weighted by Crippen LogP contribution is 2.21. The number of benzene rings is 2. The monoisotopic (exact) mass is 366 g/mol. The fourth-order valence-electron chi connectivity index (χ4n) is 2.76. The van der Waals surface area contributed by atoms with Crippen molar-refractivity contribution in [2.75, 3.05) is 6.54 Å². The fraction of sp³-hybridized carbons (Fsp3) is 0.143. The van der Waals surface area contributed by atoms with Gasteiger partial charge in [0.2, 0.25) is 0 Å². The maximum atomic E-state index is 13.1. The van der Waals surface area contributed by atoms with E-state index in [-0.39, 0.29) is 11.4 Å². The summed E-state index contributed by atoms with van der Waals surface area (Å²) in [5.41, 5.74) is 2.22. The molecule has 5 nitrogen and oxygen atoms in total. The smallest absolute Gasteiger partial charge is 0.293 e. The number of aromatic hydroxyl groups is 1. The zero-order valence-corrected chi connectivity index (χ0v) is 14.8. The van der Waals surface area contributed by atoms with Crippen molar-refractivity contribution >= 4 is 5.91 Å². The zero-order chi connectivity index (χ0) is 19.4. The van der Waals surface area contributed by atoms with Crippen LogP contribution in [0.1, 0.15) is 15.9 Å². The Balaban J connectivity index is 1.65. The summed E-state index contributed by atoms with van der Waals surface area (Å²) in [7, 11) is 1.50. The van der Waals surface area contributed by atoms with Gasteiger partial charge in [0.25, 0.3) is 11.5 Å². The van der Waals surface area contributed by atoms with Gasteiger partial charge >= 0.3 is 0 Å². The highest BCUT2D eigenvalue weighted by Gasteiger charge is 2.14. The Morgan fingerprint density at radius 2 is 1.85 bits per heavy atom. The van der Waals surface area contributed by atoms with Crippen molar-refractivity contribution in [3.63, 3.8) is 0 Å². The summed E-state index contributed by atoms with van der Waals surface area (Å²) in [5.74, 6) is -1.34. The number of nitrogens with zero attached hydrogens (tertiary/aromatic N) is 1. The SMILES string of the molecule is Cn1ccc(C(=O)NCCc2cccc(-c3ccc(F)cc3)c2)c(O)c1=O. The first-order valence-electron chi connectivity index (χ1n) is 8.47. The molecule has 1 aromatic heterocycles. The molecule has 0 atom stereocenters. The lowest BCUT2D eigenvalue weighted by Gasteiger charge is -2.09. The van der Waals surface area contributed by atoms with E-state index in [1.807, 2.05) is 24.3 Å². The van der Waals surface area contributed by atoms with Crippen LogP contribution in [0, 0.1) is 5.82 Å². The molecular formula is C21H19FN2O3. The van der Waals surface area contributed by atoms with Gasteiger partial charge in [0, 0.05) is 19.8 Å². The molecule has 0 aliphatic heterocycles. The molecule has 0 aliphatic rings. The third-order valence-electron chi connectivity index (χ3n) is 4.29. The Morgan fingerprint density at radius 1 is 1.11 bits per heavy atom. The number of carbonyl (C=O) groups excluding carboxylic acids is 1. The molecule has 138 valence electrons. The van der Waals surface area contributed by atoms with Crippen LogP contribution in [0.3, 0.4) is 0 Å². The molecule has 1 amide bonds. The predicted octanol–water partition coefficient (Wildman–Crippen LogP) is 2.87. The van der Waals surface area contributed by atoms with Crippen LogP contribution in [0.4, 0.5) is 4.39 Å². The minimum atomic E-state index is -0.616. The van der Waals surface area contributed by atoms with Gasteiger partial charge in [-0.25, -0.2) is 4.39 Å². The molecule has 2 N–H and O–H groups in total. The molecule has 27 heavy (non-hydrogen) atoms. The second kappa shape index (κ2) is 7.86. The van der Waals surface area contributed by atoms with E-state index in [9.17, 15) is 19.1 Å². The maximum Gasteiger partial charge on any atom is 0.293 e. The Hall–Kier alpha value is -3.41. The molecule has 0 aliphatic carbocycles. The van der Waals surface area contributed by atoms with Gasteiger partial charge in [-0.15, -0.1) is 0 Å². The molecule has 1 heterocycles. The minimum absolute atomic E-state index is 0.0434. The van der Waals surface area contributed by atoms with E-state index in [2.05, 4.69) is 5.32 Å². The quantitative estimate of drug-likeness (QED) is 0.729. The Morgan fingerprint density at radius 3 is 2.59 bits per heavy atom. The van der Waals surface area contributed by atoms with Gasteiger partial charge in [-0.05, 0) is 41.3 Å². The Kier molecular flexibility index (Phi) is 5.35. The summed E-state index contributed by atoms with van der Waals surface area (Å²) in [6.07, 6.45) is 2.01. The number of aryl methyl sites for hydroxylation is 1. The third kappa shape index (κ3) is 4.23. The average Bonchev–Trinajstić information content (AvgIpc) is 2.67. The average molecular weight is 366 g/mol. The van der Waals surface area contributed by atoms with E-state index in [0.29, 0.717) is 13.0 Å². The largest absolute Gasteiger partial charge is 0.502 e. The zero-order valence-electron chi connectivity index (χ0n) is 14.8. The van der Waals surface area contributed by atoms with E-state index in [4.69, 9.17) is 0 Å². The fourth-order valence-corrected chi connectivity index (χ4v) is 2.76. The first-order valence-corrected chi connectivity index (χ1v) is 8.47. The number of carbonyl (C=O) groups is 1. The standard InChI is InChI=1S/C21H19FN2O3/c1-24-12-10-18(19(25)21(24)27)20(26)23-11-9-14-3-2-4-16(13-14)15-5-7-17(22)8-6-15/h2-8,10,12-13,25H,9,11H2,1H3,(H,23,26). The number of aromatic nitrogens is 1. The lowest BCUT2D eigenvalue weighted by Crippen LogP contribution is -2.28. The summed E-state index contributed by atoms with van der Waals surface area (Å²) >= 11 is 0. The molecule has 0 saturated carbocycles. The van der Waals surface area contributed by atoms with E-state index in [0.717, 1.165) is 16.7 Å². The van der Waals surface area contributed by atoms with Crippen LogP contribution < -0.4 is 10.9 Å². The number of pyridine rings is 1. The van der Waals surface area contributed by atoms with Crippen LogP contribution >= 0.6 is 0 Å². The van der Waals surface area contributed by atoms with Crippen LogP contribution in [-0.2, 0) is 13.5 Å². The van der Waals surface area contributed by atoms with Gasteiger partial charge in [0.1, 0.15) is 5.82 Å². The third-order valence-corrected chi connectivity index (χ3v) is 4.29. The second-order valence-corrected chi connectivity index (χ2v) is 6.21. The van der Waals surface area contributed by atoms with E-state index < -0.39 is 17.2 Å².